The lowest BCUT2D eigenvalue weighted by molar-refractivity contribution is -0.118. The average molecular weight is 402 g/mol. The summed E-state index contributed by atoms with van der Waals surface area (Å²) in [6, 6.07) is 24.0. The van der Waals surface area contributed by atoms with Crippen molar-refractivity contribution in [2.24, 2.45) is 0 Å². The predicted octanol–water partition coefficient (Wildman–Crippen LogP) is 4.78. The molecule has 5 nitrogen and oxygen atoms in total. The summed E-state index contributed by atoms with van der Waals surface area (Å²) in [6.07, 6.45) is -0.270. The number of hydrogen-bond acceptors (Lipinski definition) is 3. The first-order valence-electron chi connectivity index (χ1n) is 9.90. The standard InChI is InChI=1S/C25H26N2O3/c1-18-13-14-22(19(2)15-18)26-24(28)23(16-20-9-5-3-6-10-20)27-25(29)30-17-21-11-7-4-8-12-21/h3-15,23H,16-17H2,1-2H3,(H,26,28)(H,27,29)/t23-/m0/s1. The van der Waals surface area contributed by atoms with Gasteiger partial charge in [0.2, 0.25) is 5.91 Å². The average Bonchev–Trinajstić information content (AvgIpc) is 2.75. The number of ether oxygens (including phenoxy) is 1. The largest absolute Gasteiger partial charge is 0.445 e. The summed E-state index contributed by atoms with van der Waals surface area (Å²) < 4.78 is 5.31. The van der Waals surface area contributed by atoms with E-state index in [0.29, 0.717) is 6.42 Å². The summed E-state index contributed by atoms with van der Waals surface area (Å²) >= 11 is 0. The van der Waals surface area contributed by atoms with Crippen LogP contribution in [0.25, 0.3) is 0 Å². The van der Waals surface area contributed by atoms with Crippen LogP contribution in [0, 0.1) is 13.8 Å². The number of hydrogen-bond donors (Lipinski definition) is 2. The van der Waals surface area contributed by atoms with Gasteiger partial charge in [-0.15, -0.1) is 0 Å². The van der Waals surface area contributed by atoms with Gasteiger partial charge in [-0.1, -0.05) is 78.4 Å². The van der Waals surface area contributed by atoms with Crippen LogP contribution in [0.5, 0.6) is 0 Å². The molecule has 0 saturated carbocycles. The van der Waals surface area contributed by atoms with E-state index in [-0.39, 0.29) is 12.5 Å². The van der Waals surface area contributed by atoms with Gasteiger partial charge >= 0.3 is 6.09 Å². The molecule has 3 aromatic carbocycles. The molecule has 3 aromatic rings. The molecule has 1 atom stereocenters. The Kier molecular flexibility index (Phi) is 7.22. The fourth-order valence-electron chi connectivity index (χ4n) is 3.14. The van der Waals surface area contributed by atoms with Crippen molar-refractivity contribution in [2.75, 3.05) is 5.32 Å². The number of rotatable bonds is 7. The smallest absolute Gasteiger partial charge is 0.408 e. The van der Waals surface area contributed by atoms with E-state index in [1.807, 2.05) is 92.7 Å². The number of carbonyl (C=O) groups excluding carboxylic acids is 2. The normalized spacial score (nSPS) is 11.4. The van der Waals surface area contributed by atoms with Crippen molar-refractivity contribution in [3.8, 4) is 0 Å². The Balaban J connectivity index is 1.69. The van der Waals surface area contributed by atoms with Crippen LogP contribution in [-0.4, -0.2) is 18.0 Å². The van der Waals surface area contributed by atoms with Gasteiger partial charge in [-0.05, 0) is 36.6 Å². The maximum absolute atomic E-state index is 13.0. The Bertz CT molecular complexity index is 988. The number of nitrogens with one attached hydrogen (secondary N) is 2. The van der Waals surface area contributed by atoms with Crippen molar-refractivity contribution >= 4 is 17.7 Å². The fraction of sp³-hybridized carbons (Fsp3) is 0.200. The number of benzene rings is 3. The summed E-state index contributed by atoms with van der Waals surface area (Å²) in [5.74, 6) is -0.289. The molecule has 0 spiro atoms. The van der Waals surface area contributed by atoms with Gasteiger partial charge in [0.15, 0.2) is 0 Å². The molecule has 0 fully saturated rings. The van der Waals surface area contributed by atoms with Crippen molar-refractivity contribution in [1.29, 1.82) is 0 Å². The topological polar surface area (TPSA) is 67.4 Å². The van der Waals surface area contributed by atoms with Gasteiger partial charge in [0.25, 0.3) is 0 Å². The minimum atomic E-state index is -0.767. The second kappa shape index (κ2) is 10.3. The van der Waals surface area contributed by atoms with E-state index in [9.17, 15) is 9.59 Å². The predicted molar refractivity (Wildman–Crippen MR) is 118 cm³/mol. The number of aryl methyl sites for hydroxylation is 2. The summed E-state index contributed by atoms with van der Waals surface area (Å²) in [5, 5.41) is 5.64. The molecule has 0 aliphatic rings. The van der Waals surface area contributed by atoms with Crippen LogP contribution in [0.3, 0.4) is 0 Å². The molecule has 0 bridgehead atoms. The summed E-state index contributed by atoms with van der Waals surface area (Å²) in [5.41, 5.74) is 4.64. The molecule has 3 rings (SSSR count). The number of carbonyl (C=O) groups is 2. The highest BCUT2D eigenvalue weighted by molar-refractivity contribution is 5.97. The van der Waals surface area contributed by atoms with Crippen LogP contribution < -0.4 is 10.6 Å². The lowest BCUT2D eigenvalue weighted by atomic mass is 10.0. The Morgan fingerprint density at radius 2 is 1.50 bits per heavy atom. The van der Waals surface area contributed by atoms with Crippen LogP contribution in [-0.2, 0) is 22.6 Å². The number of alkyl carbamates (subject to hydrolysis) is 1. The van der Waals surface area contributed by atoms with Gasteiger partial charge in [-0.2, -0.15) is 0 Å². The van der Waals surface area contributed by atoms with E-state index < -0.39 is 12.1 Å². The third-order valence-electron chi connectivity index (χ3n) is 4.74. The molecule has 154 valence electrons. The van der Waals surface area contributed by atoms with Gasteiger partial charge in [0.1, 0.15) is 12.6 Å². The Hall–Kier alpha value is -3.60. The van der Waals surface area contributed by atoms with Gasteiger partial charge in [0, 0.05) is 12.1 Å². The number of amides is 2. The molecule has 0 unspecified atom stereocenters. The van der Waals surface area contributed by atoms with E-state index in [1.54, 1.807) is 0 Å². The first kappa shape index (κ1) is 21.1. The van der Waals surface area contributed by atoms with Crippen molar-refractivity contribution in [3.63, 3.8) is 0 Å². The zero-order valence-corrected chi connectivity index (χ0v) is 17.2. The molecule has 2 amide bonds. The van der Waals surface area contributed by atoms with Crippen LogP contribution in [0.4, 0.5) is 10.5 Å². The second-order valence-electron chi connectivity index (χ2n) is 7.26. The molecular formula is C25H26N2O3. The molecule has 0 saturated heterocycles. The van der Waals surface area contributed by atoms with Gasteiger partial charge < -0.3 is 15.4 Å². The third-order valence-corrected chi connectivity index (χ3v) is 4.74. The van der Waals surface area contributed by atoms with Crippen molar-refractivity contribution in [2.45, 2.75) is 32.9 Å². The maximum atomic E-state index is 13.0. The van der Waals surface area contributed by atoms with Crippen molar-refractivity contribution in [1.82, 2.24) is 5.32 Å². The summed E-state index contributed by atoms with van der Waals surface area (Å²) in [4.78, 5) is 25.4. The maximum Gasteiger partial charge on any atom is 0.408 e. The molecular weight excluding hydrogens is 376 g/mol. The quantitative estimate of drug-likeness (QED) is 0.598. The zero-order chi connectivity index (χ0) is 21.3. The highest BCUT2D eigenvalue weighted by Crippen LogP contribution is 2.17. The van der Waals surface area contributed by atoms with Gasteiger partial charge in [-0.25, -0.2) is 4.79 Å². The van der Waals surface area contributed by atoms with Crippen LogP contribution in [0.15, 0.2) is 78.9 Å². The molecule has 0 aliphatic heterocycles. The van der Waals surface area contributed by atoms with Crippen LogP contribution in [0.1, 0.15) is 22.3 Å². The minimum absolute atomic E-state index is 0.142. The molecule has 5 heteroatoms. The molecule has 0 radical (unpaired) electrons. The Labute approximate surface area is 177 Å². The van der Waals surface area contributed by atoms with Gasteiger partial charge in [0.05, 0.1) is 0 Å². The fourth-order valence-corrected chi connectivity index (χ4v) is 3.14. The summed E-state index contributed by atoms with van der Waals surface area (Å²) in [6.45, 7) is 4.08. The summed E-state index contributed by atoms with van der Waals surface area (Å²) in [7, 11) is 0. The third kappa shape index (κ3) is 6.21. The first-order valence-corrected chi connectivity index (χ1v) is 9.90. The van der Waals surface area contributed by atoms with Crippen LogP contribution in [0.2, 0.25) is 0 Å². The first-order chi connectivity index (χ1) is 14.5. The van der Waals surface area contributed by atoms with E-state index in [4.69, 9.17) is 4.74 Å². The lowest BCUT2D eigenvalue weighted by Crippen LogP contribution is -2.45. The monoisotopic (exact) mass is 402 g/mol. The van der Waals surface area contributed by atoms with E-state index in [1.165, 1.54) is 0 Å². The van der Waals surface area contributed by atoms with Crippen LogP contribution >= 0.6 is 0 Å². The molecule has 0 heterocycles. The molecule has 0 aromatic heterocycles. The van der Waals surface area contributed by atoms with Crippen molar-refractivity contribution in [3.05, 3.63) is 101 Å². The molecule has 2 N–H and O–H groups in total. The number of anilines is 1. The SMILES string of the molecule is Cc1ccc(NC(=O)[C@H](Cc2ccccc2)NC(=O)OCc2ccccc2)c(C)c1. The second-order valence-corrected chi connectivity index (χ2v) is 7.26. The van der Waals surface area contributed by atoms with Crippen molar-refractivity contribution < 1.29 is 14.3 Å². The Morgan fingerprint density at radius 1 is 0.867 bits per heavy atom. The molecule has 0 aliphatic carbocycles. The zero-order valence-electron chi connectivity index (χ0n) is 17.2. The van der Waals surface area contributed by atoms with E-state index in [0.717, 1.165) is 27.9 Å². The van der Waals surface area contributed by atoms with E-state index in [2.05, 4.69) is 10.6 Å². The Morgan fingerprint density at radius 3 is 2.13 bits per heavy atom. The highest BCUT2D eigenvalue weighted by atomic mass is 16.5. The molecule has 30 heavy (non-hydrogen) atoms. The minimum Gasteiger partial charge on any atom is -0.445 e. The van der Waals surface area contributed by atoms with Gasteiger partial charge in [-0.3, -0.25) is 4.79 Å². The highest BCUT2D eigenvalue weighted by Gasteiger charge is 2.22. The van der Waals surface area contributed by atoms with E-state index >= 15 is 0 Å². The lowest BCUT2D eigenvalue weighted by Gasteiger charge is -2.19.